The summed E-state index contributed by atoms with van der Waals surface area (Å²) < 4.78 is 0. The van der Waals surface area contributed by atoms with E-state index in [0.717, 1.165) is 17.8 Å². The van der Waals surface area contributed by atoms with Crippen LogP contribution in [0.3, 0.4) is 0 Å². The summed E-state index contributed by atoms with van der Waals surface area (Å²) in [6, 6.07) is 0. The Morgan fingerprint density at radius 3 is 1.42 bits per heavy atom. The molecule has 0 spiro atoms. The zero-order valence-electron chi connectivity index (χ0n) is 7.05. The SMILES string of the molecule is NC12CC3CC(CC(C3)C1)C2.[KH]. The molecule has 0 aromatic carbocycles. The zero-order valence-corrected chi connectivity index (χ0v) is 7.05. The van der Waals surface area contributed by atoms with Crippen molar-refractivity contribution in [2.75, 3.05) is 0 Å². The van der Waals surface area contributed by atoms with E-state index in [9.17, 15) is 0 Å². The van der Waals surface area contributed by atoms with Gasteiger partial charge in [0, 0.05) is 5.54 Å². The normalized spacial score (nSPS) is 55.2. The van der Waals surface area contributed by atoms with E-state index in [1.54, 1.807) is 0 Å². The van der Waals surface area contributed by atoms with Crippen molar-refractivity contribution in [3.8, 4) is 0 Å². The predicted octanol–water partition coefficient (Wildman–Crippen LogP) is 1.27. The van der Waals surface area contributed by atoms with Crippen molar-refractivity contribution in [3.05, 3.63) is 0 Å². The minimum atomic E-state index is 0. The summed E-state index contributed by atoms with van der Waals surface area (Å²) in [4.78, 5) is 0. The first-order chi connectivity index (χ1) is 5.23. The average Bonchev–Trinajstić information content (AvgIpc) is 1.79. The Morgan fingerprint density at radius 1 is 0.833 bits per heavy atom. The Labute approximate surface area is 117 Å². The number of hydrogen-bond donors (Lipinski definition) is 1. The van der Waals surface area contributed by atoms with Crippen molar-refractivity contribution in [1.29, 1.82) is 0 Å². The van der Waals surface area contributed by atoms with Crippen LogP contribution in [0.1, 0.15) is 38.5 Å². The molecule has 0 aromatic rings. The Kier molecular flexibility index (Phi) is 2.80. The third kappa shape index (κ3) is 1.59. The van der Waals surface area contributed by atoms with Crippen molar-refractivity contribution < 1.29 is 0 Å². The maximum atomic E-state index is 6.32. The number of rotatable bonds is 0. The van der Waals surface area contributed by atoms with Gasteiger partial charge in [0.2, 0.25) is 0 Å². The van der Waals surface area contributed by atoms with Crippen LogP contribution in [0.25, 0.3) is 0 Å². The van der Waals surface area contributed by atoms with Gasteiger partial charge in [-0.3, -0.25) is 0 Å². The summed E-state index contributed by atoms with van der Waals surface area (Å²) in [5.41, 5.74) is 6.62. The standard InChI is InChI=1S/C10H17N.K.H/c11-10-4-7-1-8(5-10)3-9(2-7)6-10;;/h7-9H,1-6,11H2;;. The fourth-order valence-corrected chi connectivity index (χ4v) is 4.18. The fourth-order valence-electron chi connectivity index (χ4n) is 4.18. The molecule has 1 nitrogen and oxygen atoms in total. The summed E-state index contributed by atoms with van der Waals surface area (Å²) in [6.45, 7) is 0. The summed E-state index contributed by atoms with van der Waals surface area (Å²) in [7, 11) is 0. The van der Waals surface area contributed by atoms with Gasteiger partial charge in [0.15, 0.2) is 0 Å². The first-order valence-electron chi connectivity index (χ1n) is 5.02. The molecule has 0 heterocycles. The summed E-state index contributed by atoms with van der Waals surface area (Å²) in [6.07, 6.45) is 8.57. The summed E-state index contributed by atoms with van der Waals surface area (Å²) in [5, 5.41) is 0. The van der Waals surface area contributed by atoms with Crippen molar-refractivity contribution in [3.63, 3.8) is 0 Å². The van der Waals surface area contributed by atoms with Crippen LogP contribution in [0.15, 0.2) is 0 Å². The molecule has 4 fully saturated rings. The average molecular weight is 191 g/mol. The molecule has 4 rings (SSSR count). The maximum absolute atomic E-state index is 6.32. The summed E-state index contributed by atoms with van der Waals surface area (Å²) in [5.74, 6) is 3.06. The van der Waals surface area contributed by atoms with Crippen LogP contribution in [0.4, 0.5) is 0 Å². The van der Waals surface area contributed by atoms with Crippen LogP contribution >= 0.6 is 0 Å². The first-order valence-corrected chi connectivity index (χ1v) is 5.02. The molecular formula is C10H18KN. The number of hydrogen-bond acceptors (Lipinski definition) is 1. The fraction of sp³-hybridized carbons (Fsp3) is 1.00. The third-order valence-corrected chi connectivity index (χ3v) is 4.09. The second kappa shape index (κ2) is 3.32. The molecule has 4 bridgehead atoms. The van der Waals surface area contributed by atoms with Gasteiger partial charge in [-0.15, -0.1) is 0 Å². The van der Waals surface area contributed by atoms with Crippen molar-refractivity contribution in [1.82, 2.24) is 0 Å². The first kappa shape index (κ1) is 10.1. The second-order valence-electron chi connectivity index (χ2n) is 5.28. The molecule has 0 saturated heterocycles. The van der Waals surface area contributed by atoms with Crippen LogP contribution in [0, 0.1) is 17.8 Å². The molecule has 12 heavy (non-hydrogen) atoms. The van der Waals surface area contributed by atoms with Crippen molar-refractivity contribution >= 4 is 51.4 Å². The van der Waals surface area contributed by atoms with E-state index >= 15 is 0 Å². The van der Waals surface area contributed by atoms with E-state index < -0.39 is 0 Å². The number of nitrogens with two attached hydrogens (primary N) is 1. The van der Waals surface area contributed by atoms with Crippen LogP contribution in [0.5, 0.6) is 0 Å². The van der Waals surface area contributed by atoms with Crippen molar-refractivity contribution in [2.24, 2.45) is 23.5 Å². The molecule has 0 atom stereocenters. The molecule has 0 amide bonds. The van der Waals surface area contributed by atoms with Gasteiger partial charge in [0.05, 0.1) is 0 Å². The topological polar surface area (TPSA) is 26.0 Å². The molecule has 0 aliphatic heterocycles. The van der Waals surface area contributed by atoms with E-state index in [2.05, 4.69) is 0 Å². The molecule has 2 N–H and O–H groups in total. The molecule has 4 aliphatic carbocycles. The van der Waals surface area contributed by atoms with E-state index in [-0.39, 0.29) is 51.4 Å². The van der Waals surface area contributed by atoms with Gasteiger partial charge in [0.1, 0.15) is 0 Å². The minimum absolute atomic E-state index is 0. The molecule has 4 aliphatic rings. The Morgan fingerprint density at radius 2 is 1.17 bits per heavy atom. The molecule has 0 radical (unpaired) electrons. The molecule has 64 valence electrons. The van der Waals surface area contributed by atoms with E-state index in [0.29, 0.717) is 5.54 Å². The molecule has 0 unspecified atom stereocenters. The van der Waals surface area contributed by atoms with Gasteiger partial charge in [0.25, 0.3) is 0 Å². The van der Waals surface area contributed by atoms with Gasteiger partial charge in [-0.2, -0.15) is 0 Å². The Hall–Kier alpha value is 1.60. The second-order valence-corrected chi connectivity index (χ2v) is 5.28. The van der Waals surface area contributed by atoms with Gasteiger partial charge >= 0.3 is 51.4 Å². The van der Waals surface area contributed by atoms with E-state index in [4.69, 9.17) is 5.73 Å². The molecule has 2 heteroatoms. The monoisotopic (exact) mass is 191 g/mol. The van der Waals surface area contributed by atoms with Gasteiger partial charge in [-0.25, -0.2) is 0 Å². The third-order valence-electron chi connectivity index (χ3n) is 4.09. The van der Waals surface area contributed by atoms with E-state index in [1.807, 2.05) is 0 Å². The van der Waals surface area contributed by atoms with Gasteiger partial charge in [-0.1, -0.05) is 0 Å². The van der Waals surface area contributed by atoms with Crippen LogP contribution in [-0.4, -0.2) is 56.9 Å². The zero-order chi connectivity index (χ0) is 7.47. The van der Waals surface area contributed by atoms with Gasteiger partial charge < -0.3 is 5.73 Å². The van der Waals surface area contributed by atoms with Crippen LogP contribution < -0.4 is 5.73 Å². The summed E-state index contributed by atoms with van der Waals surface area (Å²) >= 11 is 0. The predicted molar refractivity (Wildman–Crippen MR) is 52.2 cm³/mol. The molecule has 0 aromatic heterocycles. The molecular weight excluding hydrogens is 173 g/mol. The van der Waals surface area contributed by atoms with Crippen LogP contribution in [-0.2, 0) is 0 Å². The quantitative estimate of drug-likeness (QED) is 0.573. The Bertz CT molecular complexity index is 155. The molecule has 4 saturated carbocycles. The van der Waals surface area contributed by atoms with E-state index in [1.165, 1.54) is 38.5 Å². The van der Waals surface area contributed by atoms with Crippen molar-refractivity contribution in [2.45, 2.75) is 44.1 Å². The van der Waals surface area contributed by atoms with Crippen LogP contribution in [0.2, 0.25) is 0 Å². The Balaban J connectivity index is 0.000000563. The van der Waals surface area contributed by atoms with Gasteiger partial charge in [-0.05, 0) is 56.3 Å².